The third-order valence-electron chi connectivity index (χ3n) is 5.54. The summed E-state index contributed by atoms with van der Waals surface area (Å²) in [7, 11) is 1.71. The van der Waals surface area contributed by atoms with E-state index >= 15 is 0 Å². The first-order valence-electron chi connectivity index (χ1n) is 9.92. The lowest BCUT2D eigenvalue weighted by Gasteiger charge is -2.36. The van der Waals surface area contributed by atoms with Crippen molar-refractivity contribution in [3.8, 4) is 5.75 Å². The van der Waals surface area contributed by atoms with Crippen molar-refractivity contribution in [2.45, 2.75) is 51.7 Å². The van der Waals surface area contributed by atoms with Crippen LogP contribution in [0.25, 0.3) is 0 Å². The maximum Gasteiger partial charge on any atom is 0.221 e. The van der Waals surface area contributed by atoms with E-state index in [1.165, 1.54) is 18.4 Å². The van der Waals surface area contributed by atoms with Crippen LogP contribution in [0.15, 0.2) is 24.3 Å². The number of hydrogen-bond acceptors (Lipinski definition) is 4. The Kier molecular flexibility index (Phi) is 6.54. The Bertz CT molecular complexity index is 587. The van der Waals surface area contributed by atoms with Crippen LogP contribution in [-0.4, -0.2) is 61.1 Å². The van der Waals surface area contributed by atoms with Crippen LogP contribution in [0.2, 0.25) is 0 Å². The highest BCUT2D eigenvalue weighted by Crippen LogP contribution is 2.29. The van der Waals surface area contributed by atoms with Gasteiger partial charge in [0.2, 0.25) is 5.91 Å². The van der Waals surface area contributed by atoms with Gasteiger partial charge in [-0.25, -0.2) is 0 Å². The number of rotatable bonds is 7. The lowest BCUT2D eigenvalue weighted by molar-refractivity contribution is -0.122. The summed E-state index contributed by atoms with van der Waals surface area (Å²) in [6, 6.07) is 9.23. The van der Waals surface area contributed by atoms with Gasteiger partial charge in [-0.2, -0.15) is 0 Å². The third-order valence-corrected chi connectivity index (χ3v) is 5.54. The third kappa shape index (κ3) is 5.21. The summed E-state index contributed by atoms with van der Waals surface area (Å²) in [5.41, 5.74) is 1.34. The highest BCUT2D eigenvalue weighted by atomic mass is 16.5. The van der Waals surface area contributed by atoms with E-state index in [9.17, 15) is 4.79 Å². The van der Waals surface area contributed by atoms with Crippen molar-refractivity contribution in [2.24, 2.45) is 5.92 Å². The predicted octanol–water partition coefficient (Wildman–Crippen LogP) is 2.51. The van der Waals surface area contributed by atoms with Crippen molar-refractivity contribution >= 4 is 5.91 Å². The smallest absolute Gasteiger partial charge is 0.221 e. The van der Waals surface area contributed by atoms with E-state index in [1.54, 1.807) is 7.11 Å². The number of carbonyl (C=O) groups is 1. The number of piperidine rings is 1. The molecule has 144 valence electrons. The van der Waals surface area contributed by atoms with Crippen LogP contribution >= 0.6 is 0 Å². The van der Waals surface area contributed by atoms with Gasteiger partial charge in [0.1, 0.15) is 5.75 Å². The van der Waals surface area contributed by atoms with Crippen molar-refractivity contribution in [1.82, 2.24) is 15.1 Å². The Hall–Kier alpha value is -1.59. The fourth-order valence-corrected chi connectivity index (χ4v) is 4.31. The molecule has 4 rings (SSSR count). The molecule has 1 aromatic rings. The molecule has 1 amide bonds. The molecule has 1 aromatic carbocycles. The van der Waals surface area contributed by atoms with E-state index in [0.717, 1.165) is 44.4 Å². The first-order valence-corrected chi connectivity index (χ1v) is 9.92. The van der Waals surface area contributed by atoms with Crippen molar-refractivity contribution < 1.29 is 9.53 Å². The second-order valence-electron chi connectivity index (χ2n) is 8.11. The molecule has 0 saturated carbocycles. The Morgan fingerprint density at radius 3 is 2.65 bits per heavy atom. The van der Waals surface area contributed by atoms with E-state index in [4.69, 9.17) is 4.74 Å². The standard InChI is InChI=1S/C21H33N3O2/c1-16(2)22-21(25)10-11-24-14-18-4-7-19(24)15-23(13-18)12-17-5-8-20(26-3)9-6-17/h5-6,8-9,16,18-19H,4,7,10-15H2,1-3H3,(H,22,25)/t18-,19+/m0/s1. The maximum atomic E-state index is 12.0. The van der Waals surface area contributed by atoms with Gasteiger partial charge in [0.15, 0.2) is 0 Å². The van der Waals surface area contributed by atoms with E-state index in [-0.39, 0.29) is 11.9 Å². The van der Waals surface area contributed by atoms with Crippen LogP contribution in [0, 0.1) is 5.92 Å². The van der Waals surface area contributed by atoms with Crippen molar-refractivity contribution in [2.75, 3.05) is 33.3 Å². The largest absolute Gasteiger partial charge is 0.497 e. The molecule has 3 aliphatic rings. The molecule has 5 heteroatoms. The highest BCUT2D eigenvalue weighted by Gasteiger charge is 2.34. The topological polar surface area (TPSA) is 44.8 Å². The van der Waals surface area contributed by atoms with Gasteiger partial charge in [-0.1, -0.05) is 12.1 Å². The van der Waals surface area contributed by atoms with Gasteiger partial charge in [-0.05, 0) is 50.3 Å². The van der Waals surface area contributed by atoms with E-state index in [0.29, 0.717) is 12.5 Å². The highest BCUT2D eigenvalue weighted by molar-refractivity contribution is 5.76. The predicted molar refractivity (Wildman–Crippen MR) is 104 cm³/mol. The number of nitrogens with one attached hydrogen (secondary N) is 1. The minimum Gasteiger partial charge on any atom is -0.497 e. The van der Waals surface area contributed by atoms with Gasteiger partial charge in [0.05, 0.1) is 7.11 Å². The summed E-state index contributed by atoms with van der Waals surface area (Å²) in [5, 5.41) is 3.01. The molecular formula is C21H33N3O2. The van der Waals surface area contributed by atoms with Crippen LogP contribution in [-0.2, 0) is 11.3 Å². The number of amides is 1. The van der Waals surface area contributed by atoms with Gasteiger partial charge in [-0.15, -0.1) is 0 Å². The number of methoxy groups -OCH3 is 1. The fraction of sp³-hybridized carbons (Fsp3) is 0.667. The van der Waals surface area contributed by atoms with Gasteiger partial charge < -0.3 is 10.1 Å². The quantitative estimate of drug-likeness (QED) is 0.812. The molecule has 1 N–H and O–H groups in total. The first kappa shape index (κ1) is 19.2. The molecule has 2 bridgehead atoms. The van der Waals surface area contributed by atoms with Crippen molar-refractivity contribution in [1.29, 1.82) is 0 Å². The van der Waals surface area contributed by atoms with Crippen LogP contribution in [0.5, 0.6) is 5.75 Å². The zero-order valence-electron chi connectivity index (χ0n) is 16.4. The number of fused-ring (bicyclic) bond motifs is 4. The number of ether oxygens (including phenoxy) is 1. The number of hydrogen-bond donors (Lipinski definition) is 1. The Morgan fingerprint density at radius 1 is 1.19 bits per heavy atom. The Morgan fingerprint density at radius 2 is 1.96 bits per heavy atom. The summed E-state index contributed by atoms with van der Waals surface area (Å²) in [5.74, 6) is 1.81. The number of benzene rings is 1. The monoisotopic (exact) mass is 359 g/mol. The molecule has 3 heterocycles. The minimum atomic E-state index is 0.176. The van der Waals surface area contributed by atoms with Gasteiger partial charge in [0.25, 0.3) is 0 Å². The Labute approximate surface area is 157 Å². The van der Waals surface area contributed by atoms with Crippen molar-refractivity contribution in [3.05, 3.63) is 29.8 Å². The molecule has 0 unspecified atom stereocenters. The minimum absolute atomic E-state index is 0.176. The zero-order chi connectivity index (χ0) is 18.5. The molecule has 3 fully saturated rings. The van der Waals surface area contributed by atoms with Gasteiger partial charge in [-0.3, -0.25) is 14.6 Å². The lowest BCUT2D eigenvalue weighted by Crippen LogP contribution is -2.45. The van der Waals surface area contributed by atoms with Gasteiger partial charge >= 0.3 is 0 Å². The van der Waals surface area contributed by atoms with Crippen LogP contribution in [0.4, 0.5) is 0 Å². The molecule has 0 aliphatic carbocycles. The first-order chi connectivity index (χ1) is 12.5. The summed E-state index contributed by atoms with van der Waals surface area (Å²) in [6.07, 6.45) is 3.19. The van der Waals surface area contributed by atoms with E-state index in [1.807, 2.05) is 26.0 Å². The second-order valence-corrected chi connectivity index (χ2v) is 8.11. The number of nitrogens with zero attached hydrogens (tertiary/aromatic N) is 2. The van der Waals surface area contributed by atoms with Crippen LogP contribution in [0.1, 0.15) is 38.7 Å². The van der Waals surface area contributed by atoms with Crippen LogP contribution < -0.4 is 10.1 Å². The summed E-state index contributed by atoms with van der Waals surface area (Å²) in [4.78, 5) is 17.1. The summed E-state index contributed by atoms with van der Waals surface area (Å²) < 4.78 is 5.25. The van der Waals surface area contributed by atoms with E-state index in [2.05, 4.69) is 27.2 Å². The van der Waals surface area contributed by atoms with Gasteiger partial charge in [0, 0.05) is 51.2 Å². The molecule has 0 aromatic heterocycles. The molecule has 0 spiro atoms. The Balaban J connectivity index is 1.54. The molecular weight excluding hydrogens is 326 g/mol. The summed E-state index contributed by atoms with van der Waals surface area (Å²) >= 11 is 0. The normalized spacial score (nSPS) is 23.8. The molecule has 0 radical (unpaired) electrons. The molecule has 2 atom stereocenters. The lowest BCUT2D eigenvalue weighted by atomic mass is 9.95. The molecule has 26 heavy (non-hydrogen) atoms. The van der Waals surface area contributed by atoms with Crippen LogP contribution in [0.3, 0.4) is 0 Å². The van der Waals surface area contributed by atoms with Crippen molar-refractivity contribution in [3.63, 3.8) is 0 Å². The maximum absolute atomic E-state index is 12.0. The molecule has 5 nitrogen and oxygen atoms in total. The summed E-state index contributed by atoms with van der Waals surface area (Å²) in [6.45, 7) is 9.32. The molecule has 3 saturated heterocycles. The number of carbonyl (C=O) groups excluding carboxylic acids is 1. The second kappa shape index (κ2) is 8.87. The average Bonchev–Trinajstić information content (AvgIpc) is 2.90. The zero-order valence-corrected chi connectivity index (χ0v) is 16.4. The fourth-order valence-electron chi connectivity index (χ4n) is 4.31. The SMILES string of the molecule is COc1ccc(CN2C[C@@H]3CC[C@H](C2)N(CCC(=O)NC(C)C)C3)cc1. The average molecular weight is 360 g/mol. The van der Waals surface area contributed by atoms with E-state index < -0.39 is 0 Å². The molecule has 3 aliphatic heterocycles.